The summed E-state index contributed by atoms with van der Waals surface area (Å²) >= 11 is 0. The number of imide groups is 1. The van der Waals surface area contributed by atoms with Crippen LogP contribution in [0.15, 0.2) is 53.7 Å². The van der Waals surface area contributed by atoms with Crippen LogP contribution >= 0.6 is 0 Å². The first kappa shape index (κ1) is 35.8. The van der Waals surface area contributed by atoms with E-state index in [9.17, 15) is 24.0 Å². The average Bonchev–Trinajstić information content (AvgIpc) is 3.55. The van der Waals surface area contributed by atoms with Gasteiger partial charge in [0.25, 0.3) is 11.5 Å². The Hall–Kier alpha value is -5.60. The van der Waals surface area contributed by atoms with E-state index in [4.69, 9.17) is 9.84 Å². The van der Waals surface area contributed by atoms with Crippen LogP contribution in [0, 0.1) is 11.7 Å². The number of hydrogen-bond acceptors (Lipinski definition) is 9. The van der Waals surface area contributed by atoms with Crippen LogP contribution in [-0.2, 0) is 14.4 Å². The molecule has 7 rings (SSSR count). The summed E-state index contributed by atoms with van der Waals surface area (Å²) in [4.78, 5) is 73.2. The first-order valence-corrected chi connectivity index (χ1v) is 18.2. The van der Waals surface area contributed by atoms with E-state index in [0.29, 0.717) is 61.4 Å². The molecule has 3 aliphatic heterocycles. The van der Waals surface area contributed by atoms with Crippen LogP contribution in [0.25, 0.3) is 10.9 Å². The van der Waals surface area contributed by atoms with Gasteiger partial charge < -0.3 is 24.8 Å². The number of rotatable bonds is 9. The Labute approximate surface area is 305 Å². The summed E-state index contributed by atoms with van der Waals surface area (Å²) in [7, 11) is 0. The van der Waals surface area contributed by atoms with Crippen molar-refractivity contribution in [2.24, 2.45) is 5.92 Å². The molecular weight excluding hydrogens is 683 g/mol. The van der Waals surface area contributed by atoms with Crippen LogP contribution in [0.3, 0.4) is 0 Å². The van der Waals surface area contributed by atoms with Crippen LogP contribution in [-0.4, -0.2) is 80.6 Å². The predicted octanol–water partition coefficient (Wildman–Crippen LogP) is 4.29. The second kappa shape index (κ2) is 15.2. The number of piperidine rings is 3. The highest BCUT2D eigenvalue weighted by molar-refractivity contribution is 6.08. The third-order valence-corrected chi connectivity index (χ3v) is 10.4. The molecule has 3 fully saturated rings. The van der Waals surface area contributed by atoms with Gasteiger partial charge in [0.15, 0.2) is 11.6 Å². The van der Waals surface area contributed by atoms with Crippen molar-refractivity contribution in [2.75, 3.05) is 36.4 Å². The van der Waals surface area contributed by atoms with Crippen LogP contribution in [0.5, 0.6) is 5.75 Å². The zero-order chi connectivity index (χ0) is 37.2. The number of aromatic nitrogens is 4. The molecular formula is C38H43FN8O6. The standard InChI is InChI=1S/C38H43FN8O6/c1-22(2)53-32-19-31-25(17-28(32)37(51)42-30-4-3-11-40-38(30)52)21-47(44-31)26-9-14-45(15-10-26)34(49)16-23-7-12-46(13-8-23)35-29(39)18-24(20-41-35)27-5-6-33(48)43-36(27)50/h3-4,11,17-23,26-27H,5-10,12-16H2,1-2H3,(H,40,52)(H,42,51)(H,43,48,50). The molecule has 15 heteroatoms. The lowest BCUT2D eigenvalue weighted by Crippen LogP contribution is -2.41. The topological polar surface area (TPSA) is 172 Å². The molecule has 0 saturated carbocycles. The lowest BCUT2D eigenvalue weighted by atomic mass is 9.91. The fourth-order valence-electron chi connectivity index (χ4n) is 7.48. The maximum absolute atomic E-state index is 15.2. The largest absolute Gasteiger partial charge is 0.490 e. The van der Waals surface area contributed by atoms with E-state index in [-0.39, 0.29) is 47.8 Å². The van der Waals surface area contributed by atoms with Gasteiger partial charge in [0.05, 0.1) is 29.1 Å². The molecule has 3 N–H and O–H groups in total. The number of nitrogens with zero attached hydrogens (tertiary/aromatic N) is 5. The minimum atomic E-state index is -0.592. The maximum Gasteiger partial charge on any atom is 0.271 e. The van der Waals surface area contributed by atoms with Crippen molar-refractivity contribution in [3.8, 4) is 5.75 Å². The van der Waals surface area contributed by atoms with Crippen molar-refractivity contribution < 1.29 is 28.3 Å². The van der Waals surface area contributed by atoms with E-state index >= 15 is 4.39 Å². The van der Waals surface area contributed by atoms with Gasteiger partial charge in [0.2, 0.25) is 17.7 Å². The lowest BCUT2D eigenvalue weighted by Gasteiger charge is -2.35. The van der Waals surface area contributed by atoms with Crippen molar-refractivity contribution in [1.82, 2.24) is 30.0 Å². The quantitative estimate of drug-likeness (QED) is 0.213. The number of pyridine rings is 2. The molecule has 0 aliphatic carbocycles. The van der Waals surface area contributed by atoms with E-state index in [1.54, 1.807) is 18.2 Å². The molecule has 1 unspecified atom stereocenters. The maximum atomic E-state index is 15.2. The van der Waals surface area contributed by atoms with Crippen molar-refractivity contribution in [3.05, 3.63) is 76.2 Å². The number of likely N-dealkylation sites (tertiary alicyclic amines) is 1. The SMILES string of the molecule is CC(C)Oc1cc2nn(C3CCN(C(=O)CC4CCN(c5ncc(C6CCC(=O)NC6=O)cc5F)CC4)CC3)cc2cc1C(=O)Nc1ccc[nH]c1=O. The Morgan fingerprint density at radius 3 is 2.51 bits per heavy atom. The number of halogens is 1. The molecule has 1 aromatic carbocycles. The van der Waals surface area contributed by atoms with Crippen molar-refractivity contribution in [3.63, 3.8) is 0 Å². The lowest BCUT2D eigenvalue weighted by molar-refractivity contribution is -0.135. The van der Waals surface area contributed by atoms with Gasteiger partial charge in [0.1, 0.15) is 11.4 Å². The molecule has 3 aliphatic rings. The average molecular weight is 727 g/mol. The van der Waals surface area contributed by atoms with Gasteiger partial charge in [0, 0.05) is 69.1 Å². The molecule has 53 heavy (non-hydrogen) atoms. The molecule has 6 heterocycles. The van der Waals surface area contributed by atoms with E-state index in [2.05, 4.69) is 20.6 Å². The fourth-order valence-corrected chi connectivity index (χ4v) is 7.48. The Balaban J connectivity index is 0.926. The Bertz CT molecular complexity index is 2100. The highest BCUT2D eigenvalue weighted by Crippen LogP contribution is 2.33. The summed E-state index contributed by atoms with van der Waals surface area (Å²) in [6.07, 6.45) is 8.67. The predicted molar refractivity (Wildman–Crippen MR) is 194 cm³/mol. The van der Waals surface area contributed by atoms with E-state index in [1.807, 2.05) is 34.5 Å². The van der Waals surface area contributed by atoms with Crippen molar-refractivity contribution >= 4 is 46.0 Å². The molecule has 1 atom stereocenters. The second-order valence-electron chi connectivity index (χ2n) is 14.4. The van der Waals surface area contributed by atoms with Gasteiger partial charge in [-0.3, -0.25) is 34.0 Å². The zero-order valence-electron chi connectivity index (χ0n) is 29.8. The summed E-state index contributed by atoms with van der Waals surface area (Å²) in [5, 5.41) is 10.6. The number of anilines is 2. The zero-order valence-corrected chi connectivity index (χ0v) is 29.8. The highest BCUT2D eigenvalue weighted by Gasteiger charge is 2.31. The van der Waals surface area contributed by atoms with Gasteiger partial charge in [-0.15, -0.1) is 0 Å². The third-order valence-electron chi connectivity index (χ3n) is 10.4. The number of benzene rings is 1. The Morgan fingerprint density at radius 2 is 1.81 bits per heavy atom. The number of nitrogens with one attached hydrogen (secondary N) is 3. The highest BCUT2D eigenvalue weighted by atomic mass is 19.1. The van der Waals surface area contributed by atoms with Crippen molar-refractivity contribution in [2.45, 2.75) is 76.9 Å². The molecule has 4 amide bonds. The summed E-state index contributed by atoms with van der Waals surface area (Å²) in [6, 6.07) is 8.07. The second-order valence-corrected chi connectivity index (χ2v) is 14.4. The smallest absolute Gasteiger partial charge is 0.271 e. The molecule has 3 saturated heterocycles. The molecule has 0 radical (unpaired) electrons. The summed E-state index contributed by atoms with van der Waals surface area (Å²) in [5.74, 6) is -1.37. The van der Waals surface area contributed by atoms with Gasteiger partial charge in [-0.1, -0.05) is 0 Å². The van der Waals surface area contributed by atoms with Crippen LogP contribution in [0.4, 0.5) is 15.9 Å². The molecule has 0 spiro atoms. The fraction of sp³-hybridized carbons (Fsp3) is 0.447. The summed E-state index contributed by atoms with van der Waals surface area (Å²) in [5.41, 5.74) is 1.17. The Morgan fingerprint density at radius 1 is 1.04 bits per heavy atom. The summed E-state index contributed by atoms with van der Waals surface area (Å²) < 4.78 is 23.0. The van der Waals surface area contributed by atoms with Gasteiger partial charge in [-0.25, -0.2) is 9.37 Å². The molecule has 4 aromatic rings. The number of hydrogen-bond donors (Lipinski definition) is 3. The first-order chi connectivity index (χ1) is 25.5. The van der Waals surface area contributed by atoms with Gasteiger partial charge in [-0.2, -0.15) is 5.10 Å². The summed E-state index contributed by atoms with van der Waals surface area (Å²) in [6.45, 7) is 6.11. The number of amides is 4. The minimum absolute atomic E-state index is 0.0769. The number of aromatic amines is 1. The Kier molecular flexibility index (Phi) is 10.2. The number of carbonyl (C=O) groups excluding carboxylic acids is 4. The van der Waals surface area contributed by atoms with Gasteiger partial charge >= 0.3 is 0 Å². The number of fused-ring (bicyclic) bond motifs is 1. The first-order valence-electron chi connectivity index (χ1n) is 18.2. The van der Waals surface area contributed by atoms with Crippen LogP contribution < -0.4 is 25.8 Å². The van der Waals surface area contributed by atoms with E-state index < -0.39 is 29.1 Å². The molecule has 278 valence electrons. The van der Waals surface area contributed by atoms with Crippen molar-refractivity contribution in [1.29, 1.82) is 0 Å². The minimum Gasteiger partial charge on any atom is -0.490 e. The van der Waals surface area contributed by atoms with Gasteiger partial charge in [-0.05, 0) is 81.7 Å². The van der Waals surface area contributed by atoms with E-state index in [1.165, 1.54) is 24.5 Å². The third kappa shape index (κ3) is 7.93. The monoisotopic (exact) mass is 726 g/mol. The molecule has 3 aromatic heterocycles. The number of ether oxygens (including phenoxy) is 1. The van der Waals surface area contributed by atoms with Crippen LogP contribution in [0.1, 0.15) is 86.7 Å². The van der Waals surface area contributed by atoms with Crippen LogP contribution in [0.2, 0.25) is 0 Å². The normalized spacial score (nSPS) is 18.8. The molecule has 0 bridgehead atoms. The number of carbonyl (C=O) groups is 4. The number of H-pyrrole nitrogens is 1. The van der Waals surface area contributed by atoms with E-state index in [0.717, 1.165) is 31.1 Å². The molecule has 14 nitrogen and oxygen atoms in total.